The number of carbonyl (C=O) groups excluding carboxylic acids is 2. The predicted molar refractivity (Wildman–Crippen MR) is 193 cm³/mol. The first kappa shape index (κ1) is 38.1. The molecule has 0 spiro atoms. The maximum absolute atomic E-state index is 12.8. The van der Waals surface area contributed by atoms with Crippen molar-refractivity contribution in [1.29, 1.82) is 0 Å². The van der Waals surface area contributed by atoms with Gasteiger partial charge in [-0.05, 0) is 105 Å². The van der Waals surface area contributed by atoms with Crippen molar-refractivity contribution < 1.29 is 23.2 Å². The zero-order valence-electron chi connectivity index (χ0n) is 30.3. The Kier molecular flexibility index (Phi) is 12.7. The van der Waals surface area contributed by atoms with Crippen molar-refractivity contribution in [2.45, 2.75) is 113 Å². The molecule has 2 atom stereocenters. The second-order valence-electron chi connectivity index (χ2n) is 14.5. The van der Waals surface area contributed by atoms with Crippen LogP contribution in [0.4, 0.5) is 4.79 Å². The number of ether oxygens (including phenoxy) is 2. The van der Waals surface area contributed by atoms with E-state index in [9.17, 15) is 9.59 Å². The van der Waals surface area contributed by atoms with E-state index in [-0.39, 0.29) is 23.0 Å². The lowest BCUT2D eigenvalue weighted by Gasteiger charge is -2.49. The van der Waals surface area contributed by atoms with Gasteiger partial charge in [-0.25, -0.2) is 4.79 Å². The highest BCUT2D eigenvalue weighted by Gasteiger charge is 2.40. The summed E-state index contributed by atoms with van der Waals surface area (Å²) < 4.78 is 17.7. The highest BCUT2D eigenvalue weighted by atomic mass is 32.3. The van der Waals surface area contributed by atoms with Crippen molar-refractivity contribution in [1.82, 2.24) is 10.2 Å². The summed E-state index contributed by atoms with van der Waals surface area (Å²) in [4.78, 5) is 28.1. The smallest absolute Gasteiger partial charge is 0.410 e. The lowest BCUT2D eigenvalue weighted by Crippen LogP contribution is -2.52. The van der Waals surface area contributed by atoms with E-state index in [0.29, 0.717) is 19.6 Å². The van der Waals surface area contributed by atoms with E-state index in [1.165, 1.54) is 9.79 Å². The first-order valence-electron chi connectivity index (χ1n) is 16.4. The number of amides is 2. The number of benzene rings is 3. The van der Waals surface area contributed by atoms with Crippen LogP contribution in [0.5, 0.6) is 0 Å². The SMILES string of the molecule is COS(c1ccccc1)(c1ccccc1)C(C)(C)C.Cc1ccc(C(C)(C)NC=O)c(CC(C)(C)OC(=O)N2C[C@@H](C)OC[C@H]2C)c1. The molecule has 0 aromatic heterocycles. The van der Waals surface area contributed by atoms with Gasteiger partial charge in [0, 0.05) is 28.1 Å². The Labute approximate surface area is 284 Å². The largest absolute Gasteiger partial charge is 0.443 e. The average Bonchev–Trinajstić information content (AvgIpc) is 2.99. The van der Waals surface area contributed by atoms with E-state index >= 15 is 0 Å². The first-order chi connectivity index (χ1) is 22.0. The van der Waals surface area contributed by atoms with Crippen molar-refractivity contribution in [3.63, 3.8) is 0 Å². The van der Waals surface area contributed by atoms with Gasteiger partial charge in [0.2, 0.25) is 6.41 Å². The summed E-state index contributed by atoms with van der Waals surface area (Å²) in [6.45, 7) is 21.5. The third kappa shape index (κ3) is 9.40. The molecule has 1 aliphatic heterocycles. The van der Waals surface area contributed by atoms with Gasteiger partial charge in [-0.1, -0.05) is 70.5 Å². The van der Waals surface area contributed by atoms with E-state index in [1.54, 1.807) is 4.90 Å². The van der Waals surface area contributed by atoms with Crippen LogP contribution in [0.2, 0.25) is 0 Å². The second-order valence-corrected chi connectivity index (χ2v) is 18.1. The van der Waals surface area contributed by atoms with Gasteiger partial charge < -0.3 is 23.9 Å². The Morgan fingerprint density at radius 1 is 0.936 bits per heavy atom. The highest BCUT2D eigenvalue weighted by Crippen LogP contribution is 2.70. The topological polar surface area (TPSA) is 77.1 Å². The zero-order valence-corrected chi connectivity index (χ0v) is 31.1. The van der Waals surface area contributed by atoms with E-state index in [0.717, 1.165) is 23.1 Å². The molecule has 1 saturated heterocycles. The molecule has 1 fully saturated rings. The number of hydrogen-bond acceptors (Lipinski definition) is 5. The summed E-state index contributed by atoms with van der Waals surface area (Å²) in [6.07, 6.45) is 0.960. The minimum absolute atomic E-state index is 0.00505. The molecule has 0 bridgehead atoms. The minimum Gasteiger partial charge on any atom is -0.443 e. The number of carbonyl (C=O) groups is 2. The fourth-order valence-corrected chi connectivity index (χ4v) is 9.81. The molecule has 3 aromatic rings. The van der Waals surface area contributed by atoms with E-state index < -0.39 is 21.4 Å². The number of rotatable bonds is 9. The Balaban J connectivity index is 0.000000274. The van der Waals surface area contributed by atoms with Crippen molar-refractivity contribution in [2.24, 2.45) is 0 Å². The summed E-state index contributed by atoms with van der Waals surface area (Å²) in [7, 11) is 0.326. The zero-order chi connectivity index (χ0) is 35.0. The maximum atomic E-state index is 12.8. The summed E-state index contributed by atoms with van der Waals surface area (Å²) >= 11 is 0. The minimum atomic E-state index is -1.51. The molecule has 1 heterocycles. The van der Waals surface area contributed by atoms with Crippen LogP contribution in [-0.2, 0) is 30.4 Å². The first-order valence-corrected chi connectivity index (χ1v) is 17.9. The molecular formula is C39H56N2O5S. The quantitative estimate of drug-likeness (QED) is 0.231. The van der Waals surface area contributed by atoms with Crippen molar-refractivity contribution in [3.8, 4) is 0 Å². The molecule has 3 aromatic carbocycles. The fraction of sp³-hybridized carbons (Fsp3) is 0.487. The Bertz CT molecular complexity index is 1410. The normalized spacial score (nSPS) is 17.6. The molecule has 1 aliphatic rings. The van der Waals surface area contributed by atoms with Gasteiger partial charge in [0.15, 0.2) is 0 Å². The Morgan fingerprint density at radius 3 is 1.98 bits per heavy atom. The number of nitrogens with one attached hydrogen (secondary N) is 1. The predicted octanol–water partition coefficient (Wildman–Crippen LogP) is 8.81. The molecule has 4 rings (SSSR count). The highest BCUT2D eigenvalue weighted by molar-refractivity contribution is 8.31. The van der Waals surface area contributed by atoms with E-state index in [4.69, 9.17) is 13.7 Å². The second kappa shape index (κ2) is 15.7. The Hall–Kier alpha value is -3.33. The van der Waals surface area contributed by atoms with Crippen LogP contribution in [-0.4, -0.2) is 60.2 Å². The summed E-state index contributed by atoms with van der Waals surface area (Å²) in [5, 5.41) is 2.88. The lowest BCUT2D eigenvalue weighted by molar-refractivity contribution is -0.111. The van der Waals surface area contributed by atoms with Crippen molar-refractivity contribution >= 4 is 22.8 Å². The number of hydrogen-bond donors (Lipinski definition) is 1. The number of nitrogens with zero attached hydrogens (tertiary/aromatic N) is 1. The molecule has 0 unspecified atom stereocenters. The monoisotopic (exact) mass is 664 g/mol. The van der Waals surface area contributed by atoms with Crippen LogP contribution < -0.4 is 5.32 Å². The molecule has 1 N–H and O–H groups in total. The van der Waals surface area contributed by atoms with Gasteiger partial charge in [0.1, 0.15) is 5.60 Å². The molecule has 7 nitrogen and oxygen atoms in total. The third-order valence-corrected chi connectivity index (χ3v) is 12.5. The standard InChI is InChI=1S/C22H34N2O4.C17H22OS/c1-15-8-9-19(22(6,7)23-14-25)18(10-15)11-21(4,5)28-20(26)24-12-17(3)27-13-16(24)2;1-17(2,3)19(18-4,15-11-7-5-8-12-15)16-13-9-6-10-14-16/h8-10,14,16-17H,11-13H2,1-7H3,(H,23,25);5-14H,1-4H3/t16-,17-;/m1./s1. The molecule has 8 heteroatoms. The van der Waals surface area contributed by atoms with Crippen LogP contribution in [0.3, 0.4) is 0 Å². The fourth-order valence-electron chi connectivity index (χ4n) is 6.16. The van der Waals surface area contributed by atoms with Crippen LogP contribution >= 0.6 is 10.3 Å². The number of aryl methyl sites for hydroxylation is 1. The van der Waals surface area contributed by atoms with Crippen molar-refractivity contribution in [2.75, 3.05) is 20.3 Å². The molecule has 47 heavy (non-hydrogen) atoms. The van der Waals surface area contributed by atoms with E-state index in [1.807, 2.05) is 67.7 Å². The number of morpholine rings is 1. The van der Waals surface area contributed by atoms with Crippen molar-refractivity contribution in [3.05, 3.63) is 95.6 Å². The van der Waals surface area contributed by atoms with Gasteiger partial charge >= 0.3 is 6.09 Å². The van der Waals surface area contributed by atoms with Gasteiger partial charge in [0.05, 0.1) is 30.8 Å². The van der Waals surface area contributed by atoms with Gasteiger partial charge in [-0.3, -0.25) is 4.79 Å². The molecule has 0 aliphatic carbocycles. The molecule has 2 amide bonds. The van der Waals surface area contributed by atoms with E-state index in [2.05, 4.69) is 92.8 Å². The summed E-state index contributed by atoms with van der Waals surface area (Å²) in [5.41, 5.74) is 1.98. The van der Waals surface area contributed by atoms with Crippen LogP contribution in [0.1, 0.15) is 79.0 Å². The maximum Gasteiger partial charge on any atom is 0.410 e. The molecule has 0 saturated carbocycles. The van der Waals surface area contributed by atoms with Crippen LogP contribution in [0.25, 0.3) is 0 Å². The molecule has 0 radical (unpaired) electrons. The van der Waals surface area contributed by atoms with Gasteiger partial charge in [-0.15, -0.1) is 0 Å². The Morgan fingerprint density at radius 2 is 1.49 bits per heavy atom. The average molecular weight is 665 g/mol. The summed E-state index contributed by atoms with van der Waals surface area (Å²) in [6, 6.07) is 27.3. The lowest BCUT2D eigenvalue weighted by atomic mass is 9.84. The van der Waals surface area contributed by atoms with Gasteiger partial charge in [-0.2, -0.15) is 0 Å². The summed E-state index contributed by atoms with van der Waals surface area (Å²) in [5.74, 6) is 0. The molecular weight excluding hydrogens is 609 g/mol. The van der Waals surface area contributed by atoms with Gasteiger partial charge in [0.25, 0.3) is 0 Å². The molecule has 258 valence electrons. The third-order valence-electron chi connectivity index (χ3n) is 8.44. The van der Waals surface area contributed by atoms with Crippen LogP contribution in [0, 0.1) is 6.92 Å². The van der Waals surface area contributed by atoms with Crippen LogP contribution in [0.15, 0.2) is 88.7 Å².